The van der Waals surface area contributed by atoms with E-state index < -0.39 is 0 Å². The number of rotatable bonds is 4. The number of ether oxygens (including phenoxy) is 1. The van der Waals surface area contributed by atoms with Crippen molar-refractivity contribution in [3.8, 4) is 0 Å². The average Bonchev–Trinajstić information content (AvgIpc) is 2.79. The SMILES string of the molecule is CCNCC1OCCN(C)C1c1ccco1. The molecule has 90 valence electrons. The largest absolute Gasteiger partial charge is 0.468 e. The van der Waals surface area contributed by atoms with Gasteiger partial charge in [0.1, 0.15) is 5.76 Å². The maximum Gasteiger partial charge on any atom is 0.123 e. The molecule has 16 heavy (non-hydrogen) atoms. The van der Waals surface area contributed by atoms with Crippen molar-refractivity contribution in [1.82, 2.24) is 10.2 Å². The molecular formula is C12H20N2O2. The molecule has 0 bridgehead atoms. The standard InChI is InChI=1S/C12H20N2O2/c1-3-13-9-11-12(10-5-4-7-15-10)14(2)6-8-16-11/h4-5,7,11-13H,3,6,8-9H2,1-2H3. The van der Waals surface area contributed by atoms with Gasteiger partial charge in [-0.3, -0.25) is 4.90 Å². The van der Waals surface area contributed by atoms with Crippen molar-refractivity contribution in [2.75, 3.05) is 33.3 Å². The summed E-state index contributed by atoms with van der Waals surface area (Å²) in [6.07, 6.45) is 1.90. The van der Waals surface area contributed by atoms with E-state index >= 15 is 0 Å². The second kappa shape index (κ2) is 5.48. The Labute approximate surface area is 96.6 Å². The molecule has 2 unspecified atom stereocenters. The fraction of sp³-hybridized carbons (Fsp3) is 0.667. The molecule has 0 amide bonds. The molecule has 1 aromatic heterocycles. The molecular weight excluding hydrogens is 204 g/mol. The third-order valence-electron chi connectivity index (χ3n) is 3.03. The summed E-state index contributed by atoms with van der Waals surface area (Å²) in [7, 11) is 2.12. The van der Waals surface area contributed by atoms with Crippen molar-refractivity contribution in [2.24, 2.45) is 0 Å². The Kier molecular flexibility index (Phi) is 3.98. The first-order valence-corrected chi connectivity index (χ1v) is 5.89. The molecule has 1 fully saturated rings. The van der Waals surface area contributed by atoms with Gasteiger partial charge in [0, 0.05) is 13.1 Å². The summed E-state index contributed by atoms with van der Waals surface area (Å²) in [5.41, 5.74) is 0. The molecule has 2 heterocycles. The summed E-state index contributed by atoms with van der Waals surface area (Å²) in [6, 6.07) is 4.18. The second-order valence-electron chi connectivity index (χ2n) is 4.16. The van der Waals surface area contributed by atoms with Gasteiger partial charge < -0.3 is 14.5 Å². The number of nitrogens with zero attached hydrogens (tertiary/aromatic N) is 1. The van der Waals surface area contributed by atoms with E-state index in [-0.39, 0.29) is 12.1 Å². The Hall–Kier alpha value is -0.840. The van der Waals surface area contributed by atoms with Crippen LogP contribution in [0.4, 0.5) is 0 Å². The molecule has 1 N–H and O–H groups in total. The van der Waals surface area contributed by atoms with Crippen LogP contribution in [0.2, 0.25) is 0 Å². The van der Waals surface area contributed by atoms with E-state index in [0.717, 1.165) is 32.0 Å². The van der Waals surface area contributed by atoms with E-state index in [4.69, 9.17) is 9.15 Å². The van der Waals surface area contributed by atoms with Crippen molar-refractivity contribution < 1.29 is 9.15 Å². The Balaban J connectivity index is 2.08. The first-order chi connectivity index (χ1) is 7.83. The van der Waals surface area contributed by atoms with Gasteiger partial charge in [0.05, 0.1) is 25.0 Å². The van der Waals surface area contributed by atoms with Crippen LogP contribution in [0.5, 0.6) is 0 Å². The molecule has 0 aromatic carbocycles. The maximum absolute atomic E-state index is 5.82. The first-order valence-electron chi connectivity index (χ1n) is 5.89. The molecule has 2 atom stereocenters. The van der Waals surface area contributed by atoms with E-state index in [1.165, 1.54) is 0 Å². The molecule has 2 rings (SSSR count). The summed E-state index contributed by atoms with van der Waals surface area (Å²) in [5, 5.41) is 3.34. The van der Waals surface area contributed by atoms with Gasteiger partial charge in [0.2, 0.25) is 0 Å². The average molecular weight is 224 g/mol. The number of hydrogen-bond acceptors (Lipinski definition) is 4. The quantitative estimate of drug-likeness (QED) is 0.835. The topological polar surface area (TPSA) is 37.6 Å². The zero-order valence-electron chi connectivity index (χ0n) is 9.98. The van der Waals surface area contributed by atoms with Crippen molar-refractivity contribution in [1.29, 1.82) is 0 Å². The highest BCUT2D eigenvalue weighted by Gasteiger charge is 2.32. The van der Waals surface area contributed by atoms with Crippen LogP contribution in [0.25, 0.3) is 0 Å². The zero-order valence-corrected chi connectivity index (χ0v) is 9.98. The van der Waals surface area contributed by atoms with Gasteiger partial charge in [0.25, 0.3) is 0 Å². The van der Waals surface area contributed by atoms with Crippen LogP contribution in [0.3, 0.4) is 0 Å². The van der Waals surface area contributed by atoms with Gasteiger partial charge in [-0.1, -0.05) is 6.92 Å². The van der Waals surface area contributed by atoms with Crippen LogP contribution in [-0.2, 0) is 4.74 Å². The van der Waals surface area contributed by atoms with Crippen molar-refractivity contribution >= 4 is 0 Å². The van der Waals surface area contributed by atoms with Crippen LogP contribution in [0, 0.1) is 0 Å². The van der Waals surface area contributed by atoms with Crippen LogP contribution in [0.15, 0.2) is 22.8 Å². The minimum absolute atomic E-state index is 0.171. The fourth-order valence-corrected chi connectivity index (χ4v) is 2.18. The van der Waals surface area contributed by atoms with Crippen LogP contribution in [-0.4, -0.2) is 44.3 Å². The first kappa shape index (κ1) is 11.6. The van der Waals surface area contributed by atoms with E-state index in [2.05, 4.69) is 24.2 Å². The minimum Gasteiger partial charge on any atom is -0.468 e. The summed E-state index contributed by atoms with van der Waals surface area (Å²) in [5.74, 6) is 0.991. The van der Waals surface area contributed by atoms with Crippen LogP contribution >= 0.6 is 0 Å². The lowest BCUT2D eigenvalue weighted by Gasteiger charge is -2.38. The second-order valence-corrected chi connectivity index (χ2v) is 4.16. The van der Waals surface area contributed by atoms with E-state index in [1.54, 1.807) is 6.26 Å². The Bertz CT molecular complexity index is 300. The number of hydrogen-bond donors (Lipinski definition) is 1. The summed E-state index contributed by atoms with van der Waals surface area (Å²) >= 11 is 0. The normalized spacial score (nSPS) is 27.1. The van der Waals surface area contributed by atoms with E-state index in [0.29, 0.717) is 0 Å². The zero-order chi connectivity index (χ0) is 11.4. The number of likely N-dealkylation sites (N-methyl/N-ethyl adjacent to an activating group) is 2. The highest BCUT2D eigenvalue weighted by atomic mass is 16.5. The van der Waals surface area contributed by atoms with Gasteiger partial charge in [-0.15, -0.1) is 0 Å². The Morgan fingerprint density at radius 1 is 1.56 bits per heavy atom. The molecule has 1 saturated heterocycles. The molecule has 1 aliphatic rings. The van der Waals surface area contributed by atoms with Crippen molar-refractivity contribution in [3.05, 3.63) is 24.2 Å². The Morgan fingerprint density at radius 2 is 2.44 bits per heavy atom. The summed E-state index contributed by atoms with van der Waals surface area (Å²) < 4.78 is 11.3. The van der Waals surface area contributed by atoms with Crippen molar-refractivity contribution in [3.63, 3.8) is 0 Å². The van der Waals surface area contributed by atoms with Gasteiger partial charge in [0.15, 0.2) is 0 Å². The third kappa shape index (κ3) is 2.45. The molecule has 0 radical (unpaired) electrons. The van der Waals surface area contributed by atoms with Gasteiger partial charge >= 0.3 is 0 Å². The molecule has 4 heteroatoms. The molecule has 0 saturated carbocycles. The predicted molar refractivity (Wildman–Crippen MR) is 62.4 cm³/mol. The highest BCUT2D eigenvalue weighted by molar-refractivity contribution is 5.08. The Morgan fingerprint density at radius 3 is 3.12 bits per heavy atom. The maximum atomic E-state index is 5.82. The number of nitrogens with one attached hydrogen (secondary N) is 1. The lowest BCUT2D eigenvalue weighted by molar-refractivity contribution is -0.0674. The number of furan rings is 1. The lowest BCUT2D eigenvalue weighted by atomic mass is 10.1. The predicted octanol–water partition coefficient (Wildman–Crippen LogP) is 1.26. The lowest BCUT2D eigenvalue weighted by Crippen LogP contribution is -2.47. The molecule has 1 aromatic rings. The van der Waals surface area contributed by atoms with Gasteiger partial charge in [-0.2, -0.15) is 0 Å². The van der Waals surface area contributed by atoms with Gasteiger partial charge in [-0.25, -0.2) is 0 Å². The fourth-order valence-electron chi connectivity index (χ4n) is 2.18. The van der Waals surface area contributed by atoms with E-state index in [1.807, 2.05) is 12.1 Å². The third-order valence-corrected chi connectivity index (χ3v) is 3.03. The van der Waals surface area contributed by atoms with Gasteiger partial charge in [-0.05, 0) is 25.7 Å². The smallest absolute Gasteiger partial charge is 0.123 e. The summed E-state index contributed by atoms with van der Waals surface area (Å²) in [6.45, 7) is 5.69. The molecule has 1 aliphatic heterocycles. The number of morpholine rings is 1. The summed E-state index contributed by atoms with van der Waals surface area (Å²) in [4.78, 5) is 2.30. The van der Waals surface area contributed by atoms with Crippen molar-refractivity contribution in [2.45, 2.75) is 19.1 Å². The molecule has 0 aliphatic carbocycles. The molecule has 0 spiro atoms. The van der Waals surface area contributed by atoms with Crippen LogP contribution in [0.1, 0.15) is 18.7 Å². The monoisotopic (exact) mass is 224 g/mol. The highest BCUT2D eigenvalue weighted by Crippen LogP contribution is 2.28. The van der Waals surface area contributed by atoms with Crippen LogP contribution < -0.4 is 5.32 Å². The van der Waals surface area contributed by atoms with E-state index in [9.17, 15) is 0 Å². The minimum atomic E-state index is 0.171. The molecule has 4 nitrogen and oxygen atoms in total.